The predicted molar refractivity (Wildman–Crippen MR) is 88.3 cm³/mol. The molecule has 0 aliphatic heterocycles. The number of nitrogens with zero attached hydrogens (tertiary/aromatic N) is 4. The molecule has 3 rings (SSSR count). The minimum atomic E-state index is 0.517. The van der Waals surface area contributed by atoms with Crippen molar-refractivity contribution in [1.29, 1.82) is 0 Å². The largest absolute Gasteiger partial charge is 0.383 e. The third-order valence-electron chi connectivity index (χ3n) is 4.00. The van der Waals surface area contributed by atoms with Crippen molar-refractivity contribution in [3.63, 3.8) is 0 Å². The summed E-state index contributed by atoms with van der Waals surface area (Å²) in [6.07, 6.45) is 4.18. The normalized spacial score (nSPS) is 21.0. The van der Waals surface area contributed by atoms with E-state index < -0.39 is 0 Å². The van der Waals surface area contributed by atoms with Gasteiger partial charge in [-0.05, 0) is 45.8 Å². The van der Waals surface area contributed by atoms with Crippen molar-refractivity contribution < 1.29 is 0 Å². The van der Waals surface area contributed by atoms with Crippen LogP contribution in [-0.2, 0) is 0 Å². The molecule has 2 aromatic rings. The fourth-order valence-corrected chi connectivity index (χ4v) is 3.14. The van der Waals surface area contributed by atoms with Gasteiger partial charge in [-0.25, -0.2) is 4.98 Å². The average molecular weight is 289 g/mol. The van der Waals surface area contributed by atoms with Crippen LogP contribution >= 0.6 is 0 Å². The Morgan fingerprint density at radius 2 is 2.00 bits per heavy atom. The van der Waals surface area contributed by atoms with Crippen LogP contribution in [0, 0.1) is 12.8 Å². The van der Waals surface area contributed by atoms with E-state index in [1.54, 1.807) is 6.20 Å². The quantitative estimate of drug-likeness (QED) is 0.944. The number of nitrogens with two attached hydrogens (primary N) is 1. The van der Waals surface area contributed by atoms with Gasteiger partial charge < -0.3 is 10.6 Å². The summed E-state index contributed by atoms with van der Waals surface area (Å²) in [4.78, 5) is 6.42. The van der Waals surface area contributed by atoms with Gasteiger partial charge in [-0.15, -0.1) is 0 Å². The molecule has 2 heterocycles. The molecule has 0 spiro atoms. The number of hydrogen-bond donors (Lipinski definition) is 1. The summed E-state index contributed by atoms with van der Waals surface area (Å²) in [5.41, 5.74) is 8.06. The Balaban J connectivity index is 0.000000774. The van der Waals surface area contributed by atoms with Crippen LogP contribution in [0.25, 0.3) is 10.9 Å². The van der Waals surface area contributed by atoms with Crippen LogP contribution in [0.4, 0.5) is 5.82 Å². The maximum absolute atomic E-state index is 5.95. The number of rotatable bonds is 3. The first kappa shape index (κ1) is 15.8. The second kappa shape index (κ2) is 6.43. The SMILES string of the molecule is CC.Cc1nn(C2CC(CN(C)C)C2)c2ccnc(N)c12. The molecule has 1 fully saturated rings. The van der Waals surface area contributed by atoms with Crippen LogP contribution in [-0.4, -0.2) is 40.3 Å². The molecular formula is C16H27N5. The summed E-state index contributed by atoms with van der Waals surface area (Å²) in [6, 6.07) is 2.54. The van der Waals surface area contributed by atoms with E-state index in [4.69, 9.17) is 5.73 Å². The van der Waals surface area contributed by atoms with E-state index in [1.165, 1.54) is 19.4 Å². The number of aromatic nitrogens is 3. The van der Waals surface area contributed by atoms with Gasteiger partial charge in [-0.1, -0.05) is 13.8 Å². The minimum absolute atomic E-state index is 0.517. The van der Waals surface area contributed by atoms with Crippen molar-refractivity contribution in [2.24, 2.45) is 5.92 Å². The number of fused-ring (bicyclic) bond motifs is 1. The topological polar surface area (TPSA) is 60.0 Å². The second-order valence-electron chi connectivity index (χ2n) is 5.87. The van der Waals surface area contributed by atoms with E-state index in [-0.39, 0.29) is 0 Å². The zero-order valence-corrected chi connectivity index (χ0v) is 13.8. The molecule has 0 saturated heterocycles. The van der Waals surface area contributed by atoms with Gasteiger partial charge in [0.25, 0.3) is 0 Å². The van der Waals surface area contributed by atoms with E-state index in [9.17, 15) is 0 Å². The average Bonchev–Trinajstić information content (AvgIpc) is 2.74. The molecule has 2 N–H and O–H groups in total. The molecule has 0 aromatic carbocycles. The van der Waals surface area contributed by atoms with Gasteiger partial charge in [0.15, 0.2) is 0 Å². The van der Waals surface area contributed by atoms with Crippen LogP contribution in [0.15, 0.2) is 12.3 Å². The van der Waals surface area contributed by atoms with Gasteiger partial charge in [0.2, 0.25) is 0 Å². The Kier molecular flexibility index (Phi) is 4.83. The molecule has 2 aromatic heterocycles. The molecular weight excluding hydrogens is 262 g/mol. The summed E-state index contributed by atoms with van der Waals surface area (Å²) < 4.78 is 2.15. The zero-order valence-electron chi connectivity index (χ0n) is 13.8. The highest BCUT2D eigenvalue weighted by atomic mass is 15.3. The van der Waals surface area contributed by atoms with E-state index in [2.05, 4.69) is 33.8 Å². The lowest BCUT2D eigenvalue weighted by atomic mass is 9.80. The standard InChI is InChI=1S/C14H21N5.C2H6/c1-9-13-12(4-5-16-14(13)15)19(17-9)11-6-10(7-11)8-18(2)3;1-2/h4-5,10-11H,6-8H2,1-3H3,(H2,15,16);1-2H3. The number of anilines is 1. The van der Waals surface area contributed by atoms with Crippen molar-refractivity contribution in [2.45, 2.75) is 39.7 Å². The lowest BCUT2D eigenvalue weighted by Gasteiger charge is -2.37. The molecule has 0 unspecified atom stereocenters. The Morgan fingerprint density at radius 3 is 2.62 bits per heavy atom. The molecule has 0 radical (unpaired) electrons. The van der Waals surface area contributed by atoms with Gasteiger partial charge in [0.1, 0.15) is 5.82 Å². The van der Waals surface area contributed by atoms with E-state index >= 15 is 0 Å². The summed E-state index contributed by atoms with van der Waals surface area (Å²) in [6.45, 7) is 7.17. The molecule has 21 heavy (non-hydrogen) atoms. The van der Waals surface area contributed by atoms with Crippen molar-refractivity contribution >= 4 is 16.7 Å². The predicted octanol–water partition coefficient (Wildman–Crippen LogP) is 2.86. The van der Waals surface area contributed by atoms with E-state index in [0.29, 0.717) is 11.9 Å². The number of nitrogen functional groups attached to an aromatic ring is 1. The maximum Gasteiger partial charge on any atom is 0.134 e. The molecule has 0 atom stereocenters. The van der Waals surface area contributed by atoms with Crippen molar-refractivity contribution in [1.82, 2.24) is 19.7 Å². The van der Waals surface area contributed by atoms with Gasteiger partial charge in [0.05, 0.1) is 22.6 Å². The lowest BCUT2D eigenvalue weighted by Crippen LogP contribution is -2.34. The molecule has 0 amide bonds. The molecule has 1 aliphatic rings. The lowest BCUT2D eigenvalue weighted by molar-refractivity contribution is 0.149. The minimum Gasteiger partial charge on any atom is -0.383 e. The van der Waals surface area contributed by atoms with Crippen molar-refractivity contribution in [3.05, 3.63) is 18.0 Å². The van der Waals surface area contributed by atoms with Crippen LogP contribution in [0.5, 0.6) is 0 Å². The molecule has 116 valence electrons. The van der Waals surface area contributed by atoms with Crippen LogP contribution < -0.4 is 5.73 Å². The first-order valence-electron chi connectivity index (χ1n) is 7.80. The smallest absolute Gasteiger partial charge is 0.134 e. The highest BCUT2D eigenvalue weighted by Gasteiger charge is 2.32. The fourth-order valence-electron chi connectivity index (χ4n) is 3.14. The van der Waals surface area contributed by atoms with Gasteiger partial charge in [-0.3, -0.25) is 4.68 Å². The highest BCUT2D eigenvalue weighted by molar-refractivity contribution is 5.90. The Bertz CT molecular complexity index is 596. The summed E-state index contributed by atoms with van der Waals surface area (Å²) >= 11 is 0. The first-order chi connectivity index (χ1) is 10.1. The number of pyridine rings is 1. The number of aryl methyl sites for hydroxylation is 1. The highest BCUT2D eigenvalue weighted by Crippen LogP contribution is 2.40. The summed E-state index contributed by atoms with van der Waals surface area (Å²) in [5, 5.41) is 5.68. The third-order valence-corrected chi connectivity index (χ3v) is 4.00. The number of hydrogen-bond acceptors (Lipinski definition) is 4. The maximum atomic E-state index is 5.95. The van der Waals surface area contributed by atoms with Crippen LogP contribution in [0.2, 0.25) is 0 Å². The first-order valence-corrected chi connectivity index (χ1v) is 7.80. The molecule has 0 bridgehead atoms. The van der Waals surface area contributed by atoms with Gasteiger partial charge >= 0.3 is 0 Å². The van der Waals surface area contributed by atoms with Crippen LogP contribution in [0.3, 0.4) is 0 Å². The van der Waals surface area contributed by atoms with Gasteiger partial charge in [0, 0.05) is 12.7 Å². The Hall–Kier alpha value is -1.62. The van der Waals surface area contributed by atoms with Crippen molar-refractivity contribution in [3.8, 4) is 0 Å². The second-order valence-corrected chi connectivity index (χ2v) is 5.87. The molecule has 5 nitrogen and oxygen atoms in total. The molecule has 1 aliphatic carbocycles. The molecule has 5 heteroatoms. The van der Waals surface area contributed by atoms with Gasteiger partial charge in [-0.2, -0.15) is 5.10 Å². The van der Waals surface area contributed by atoms with Crippen LogP contribution in [0.1, 0.15) is 38.4 Å². The monoisotopic (exact) mass is 289 g/mol. The van der Waals surface area contributed by atoms with Crippen molar-refractivity contribution in [2.75, 3.05) is 26.4 Å². The Morgan fingerprint density at radius 1 is 1.33 bits per heavy atom. The third kappa shape index (κ3) is 3.02. The zero-order chi connectivity index (χ0) is 15.6. The van der Waals surface area contributed by atoms with E-state index in [1.807, 2.05) is 26.8 Å². The summed E-state index contributed by atoms with van der Waals surface area (Å²) in [5.74, 6) is 1.38. The Labute approximate surface area is 127 Å². The van der Waals surface area contributed by atoms with E-state index in [0.717, 1.165) is 22.5 Å². The fraction of sp³-hybridized carbons (Fsp3) is 0.625. The molecule has 1 saturated carbocycles. The summed E-state index contributed by atoms with van der Waals surface area (Å²) in [7, 11) is 4.26.